The van der Waals surface area contributed by atoms with Crippen molar-refractivity contribution in [2.24, 2.45) is 12.1 Å². The molecule has 0 saturated carbocycles. The van der Waals surface area contributed by atoms with Crippen LogP contribution in [0, 0.1) is 0 Å². The Morgan fingerprint density at radius 3 is 2.62 bits per heavy atom. The van der Waals surface area contributed by atoms with Crippen LogP contribution in [0.5, 0.6) is 0 Å². The number of carbonyl (C=O) groups excluding carboxylic acids is 1. The lowest BCUT2D eigenvalue weighted by molar-refractivity contribution is -0.114. The number of hydrogen-bond donors (Lipinski definition) is 0. The molecule has 0 aliphatic carbocycles. The molecule has 24 heavy (non-hydrogen) atoms. The molecular weight excluding hydrogens is 304 g/mol. The van der Waals surface area contributed by atoms with E-state index in [1.807, 2.05) is 43.6 Å². The Bertz CT molecular complexity index is 937. The van der Waals surface area contributed by atoms with Crippen molar-refractivity contribution in [2.45, 2.75) is 0 Å². The number of nitrogens with zero attached hydrogens (tertiary/aromatic N) is 4. The third kappa shape index (κ3) is 2.44. The highest BCUT2D eigenvalue weighted by Gasteiger charge is 2.33. The molecule has 0 spiro atoms. The molecule has 0 fully saturated rings. The quantitative estimate of drug-likeness (QED) is 0.698. The fourth-order valence-electron chi connectivity index (χ4n) is 2.57. The monoisotopic (exact) mass is 318 g/mol. The Balaban J connectivity index is 1.81. The summed E-state index contributed by atoms with van der Waals surface area (Å²) in [6.45, 7) is 0. The molecule has 0 bridgehead atoms. The Morgan fingerprint density at radius 2 is 1.96 bits per heavy atom. The van der Waals surface area contributed by atoms with Crippen LogP contribution in [-0.2, 0) is 11.8 Å². The molecule has 2 aromatic heterocycles. The standard InChI is InChI=1S/C18H14N4O2/c1-21-12-13(11-19-21)10-15-17(16-8-5-9-24-16)20-22(18(15)23)14-6-3-2-4-7-14/h2-12H,1H3. The summed E-state index contributed by atoms with van der Waals surface area (Å²) < 4.78 is 7.14. The molecule has 6 heteroatoms. The predicted octanol–water partition coefficient (Wildman–Crippen LogP) is 2.85. The maximum absolute atomic E-state index is 12.9. The van der Waals surface area contributed by atoms with Gasteiger partial charge in [-0.05, 0) is 30.3 Å². The van der Waals surface area contributed by atoms with Crippen LogP contribution in [0.3, 0.4) is 0 Å². The zero-order valence-corrected chi connectivity index (χ0v) is 13.0. The molecule has 1 aromatic carbocycles. The van der Waals surface area contributed by atoms with Gasteiger partial charge in [-0.3, -0.25) is 9.48 Å². The van der Waals surface area contributed by atoms with Gasteiger partial charge in [-0.15, -0.1) is 0 Å². The molecule has 1 amide bonds. The van der Waals surface area contributed by atoms with Crippen molar-refractivity contribution in [3.05, 3.63) is 78.0 Å². The molecule has 0 saturated heterocycles. The molecule has 0 radical (unpaired) electrons. The van der Waals surface area contributed by atoms with Gasteiger partial charge in [-0.2, -0.15) is 15.2 Å². The smallest absolute Gasteiger partial charge is 0.281 e. The van der Waals surface area contributed by atoms with Gasteiger partial charge in [-0.1, -0.05) is 18.2 Å². The molecule has 6 nitrogen and oxygen atoms in total. The number of furan rings is 1. The Kier molecular flexibility index (Phi) is 3.35. The summed E-state index contributed by atoms with van der Waals surface area (Å²) in [7, 11) is 1.83. The summed E-state index contributed by atoms with van der Waals surface area (Å²) in [4.78, 5) is 12.9. The van der Waals surface area contributed by atoms with Crippen molar-refractivity contribution in [3.8, 4) is 0 Å². The van der Waals surface area contributed by atoms with Crippen LogP contribution >= 0.6 is 0 Å². The van der Waals surface area contributed by atoms with Crippen LogP contribution in [0.25, 0.3) is 6.08 Å². The average molecular weight is 318 g/mol. The number of aryl methyl sites for hydroxylation is 1. The van der Waals surface area contributed by atoms with E-state index in [-0.39, 0.29) is 5.91 Å². The number of hydrazone groups is 1. The third-order valence-electron chi connectivity index (χ3n) is 3.67. The highest BCUT2D eigenvalue weighted by Crippen LogP contribution is 2.27. The fraction of sp³-hybridized carbons (Fsp3) is 0.0556. The maximum Gasteiger partial charge on any atom is 0.281 e. The van der Waals surface area contributed by atoms with E-state index < -0.39 is 0 Å². The molecule has 4 rings (SSSR count). The first kappa shape index (κ1) is 14.2. The molecule has 3 aromatic rings. The summed E-state index contributed by atoms with van der Waals surface area (Å²) >= 11 is 0. The highest BCUT2D eigenvalue weighted by molar-refractivity contribution is 6.36. The van der Waals surface area contributed by atoms with Crippen LogP contribution in [-0.4, -0.2) is 21.4 Å². The molecule has 1 aliphatic heterocycles. The van der Waals surface area contributed by atoms with Gasteiger partial charge in [0.15, 0.2) is 5.76 Å². The lowest BCUT2D eigenvalue weighted by atomic mass is 10.1. The van der Waals surface area contributed by atoms with Crippen molar-refractivity contribution in [3.63, 3.8) is 0 Å². The van der Waals surface area contributed by atoms with E-state index in [2.05, 4.69) is 10.2 Å². The van der Waals surface area contributed by atoms with Crippen molar-refractivity contribution < 1.29 is 9.21 Å². The van der Waals surface area contributed by atoms with Gasteiger partial charge in [0.1, 0.15) is 5.71 Å². The number of amides is 1. The molecule has 0 atom stereocenters. The van der Waals surface area contributed by atoms with Crippen LogP contribution in [0.4, 0.5) is 5.69 Å². The predicted molar refractivity (Wildman–Crippen MR) is 90.4 cm³/mol. The molecule has 0 unspecified atom stereocenters. The minimum Gasteiger partial charge on any atom is -0.463 e. The van der Waals surface area contributed by atoms with Crippen molar-refractivity contribution in [1.29, 1.82) is 0 Å². The molecular formula is C18H14N4O2. The van der Waals surface area contributed by atoms with E-state index in [0.717, 1.165) is 5.56 Å². The minimum atomic E-state index is -0.198. The second kappa shape index (κ2) is 5.66. The zero-order valence-electron chi connectivity index (χ0n) is 13.0. The van der Waals surface area contributed by atoms with Gasteiger partial charge >= 0.3 is 0 Å². The SMILES string of the molecule is Cn1cc(C=C2C(=O)N(c3ccccc3)N=C2c2ccco2)cn1. The van der Waals surface area contributed by atoms with Crippen molar-refractivity contribution >= 4 is 23.4 Å². The Hall–Kier alpha value is -3.41. The number of para-hydroxylation sites is 1. The van der Waals surface area contributed by atoms with Crippen molar-refractivity contribution in [1.82, 2.24) is 9.78 Å². The van der Waals surface area contributed by atoms with E-state index in [4.69, 9.17) is 4.42 Å². The number of anilines is 1. The van der Waals surface area contributed by atoms with Gasteiger partial charge < -0.3 is 4.42 Å². The maximum atomic E-state index is 12.9. The largest absolute Gasteiger partial charge is 0.463 e. The second-order valence-electron chi connectivity index (χ2n) is 5.38. The number of hydrogen-bond acceptors (Lipinski definition) is 4. The van der Waals surface area contributed by atoms with E-state index in [0.29, 0.717) is 22.7 Å². The van der Waals surface area contributed by atoms with E-state index in [9.17, 15) is 4.79 Å². The van der Waals surface area contributed by atoms with Gasteiger partial charge in [0.25, 0.3) is 5.91 Å². The number of benzene rings is 1. The Morgan fingerprint density at radius 1 is 1.12 bits per heavy atom. The lowest BCUT2D eigenvalue weighted by Gasteiger charge is -2.10. The van der Waals surface area contributed by atoms with E-state index in [1.54, 1.807) is 35.4 Å². The number of carbonyl (C=O) groups is 1. The first-order valence-electron chi connectivity index (χ1n) is 7.45. The topological polar surface area (TPSA) is 63.6 Å². The Labute approximate surface area is 138 Å². The molecule has 118 valence electrons. The van der Waals surface area contributed by atoms with Crippen molar-refractivity contribution in [2.75, 3.05) is 5.01 Å². The van der Waals surface area contributed by atoms with Crippen LogP contribution < -0.4 is 5.01 Å². The summed E-state index contributed by atoms with van der Waals surface area (Å²) in [6, 6.07) is 12.9. The normalized spacial score (nSPS) is 16.0. The summed E-state index contributed by atoms with van der Waals surface area (Å²) in [5.41, 5.74) is 2.52. The van der Waals surface area contributed by atoms with Gasteiger partial charge in [0.05, 0.1) is 23.7 Å². The van der Waals surface area contributed by atoms with E-state index >= 15 is 0 Å². The van der Waals surface area contributed by atoms with Crippen LogP contribution in [0.1, 0.15) is 11.3 Å². The average Bonchev–Trinajstić information content (AvgIpc) is 3.31. The van der Waals surface area contributed by atoms with Gasteiger partial charge in [0.2, 0.25) is 0 Å². The molecule has 0 N–H and O–H groups in total. The van der Waals surface area contributed by atoms with Gasteiger partial charge in [0, 0.05) is 18.8 Å². The van der Waals surface area contributed by atoms with Crippen LogP contribution in [0.15, 0.2) is 76.2 Å². The summed E-state index contributed by atoms with van der Waals surface area (Å²) in [6.07, 6.45) is 6.88. The van der Waals surface area contributed by atoms with Crippen LogP contribution in [0.2, 0.25) is 0 Å². The number of rotatable bonds is 3. The highest BCUT2D eigenvalue weighted by atomic mass is 16.3. The van der Waals surface area contributed by atoms with Gasteiger partial charge in [-0.25, -0.2) is 0 Å². The first-order chi connectivity index (χ1) is 11.7. The zero-order chi connectivity index (χ0) is 16.5. The second-order valence-corrected chi connectivity index (χ2v) is 5.38. The summed E-state index contributed by atoms with van der Waals surface area (Å²) in [5.74, 6) is 0.355. The summed E-state index contributed by atoms with van der Waals surface area (Å²) in [5, 5.41) is 10.00. The third-order valence-corrected chi connectivity index (χ3v) is 3.67. The number of aromatic nitrogens is 2. The minimum absolute atomic E-state index is 0.198. The first-order valence-corrected chi connectivity index (χ1v) is 7.45. The van der Waals surface area contributed by atoms with E-state index in [1.165, 1.54) is 5.01 Å². The molecule has 3 heterocycles. The molecule has 1 aliphatic rings. The lowest BCUT2D eigenvalue weighted by Crippen LogP contribution is -2.21. The fourth-order valence-corrected chi connectivity index (χ4v) is 2.57.